The molecule has 0 aliphatic carbocycles. The number of imide groups is 1. The normalized spacial score (nSPS) is 12.8. The van der Waals surface area contributed by atoms with Gasteiger partial charge in [0, 0.05) is 0 Å². The largest absolute Gasteiger partial charge is 0.467 e. The van der Waals surface area contributed by atoms with Gasteiger partial charge in [-0.2, -0.15) is 0 Å². The highest BCUT2D eigenvalue weighted by atomic mass is 16.6. The standard InChI is InChI=1S/C25H37NO11/c1-30-23(27)20-37-19-18-36-17-16-35-15-14-34-13-12-33-11-10-32-9-8-31-7-6-26-24(28)21-4-2-3-5-22(21)25(26)29/h2-5H,6-20H2,1H3. The third-order valence-corrected chi connectivity index (χ3v) is 5.02. The van der Waals surface area contributed by atoms with Gasteiger partial charge in [0.05, 0.1) is 111 Å². The molecule has 2 amide bonds. The van der Waals surface area contributed by atoms with Crippen LogP contribution in [0.15, 0.2) is 24.3 Å². The zero-order valence-corrected chi connectivity index (χ0v) is 21.4. The van der Waals surface area contributed by atoms with E-state index in [0.717, 1.165) is 0 Å². The number of ether oxygens (including phenoxy) is 8. The third-order valence-electron chi connectivity index (χ3n) is 5.02. The van der Waals surface area contributed by atoms with E-state index in [4.69, 9.17) is 33.2 Å². The van der Waals surface area contributed by atoms with Crippen LogP contribution in [0.25, 0.3) is 0 Å². The van der Waals surface area contributed by atoms with Crippen LogP contribution in [0.3, 0.4) is 0 Å². The molecule has 0 bridgehead atoms. The van der Waals surface area contributed by atoms with Gasteiger partial charge in [-0.3, -0.25) is 14.5 Å². The van der Waals surface area contributed by atoms with Gasteiger partial charge in [-0.15, -0.1) is 0 Å². The number of amides is 2. The Morgan fingerprint density at radius 2 is 0.946 bits per heavy atom. The molecule has 0 aromatic heterocycles. The minimum atomic E-state index is -0.416. The lowest BCUT2D eigenvalue weighted by Crippen LogP contribution is -2.33. The van der Waals surface area contributed by atoms with Crippen LogP contribution in [0.1, 0.15) is 20.7 Å². The molecule has 0 atom stereocenters. The highest BCUT2D eigenvalue weighted by Crippen LogP contribution is 2.21. The Morgan fingerprint density at radius 3 is 1.32 bits per heavy atom. The van der Waals surface area contributed by atoms with E-state index in [1.807, 2.05) is 0 Å². The van der Waals surface area contributed by atoms with Crippen molar-refractivity contribution in [1.29, 1.82) is 0 Å². The predicted octanol–water partition coefficient (Wildman–Crippen LogP) is 0.572. The first-order chi connectivity index (χ1) is 18.1. The Labute approximate surface area is 217 Å². The van der Waals surface area contributed by atoms with Crippen molar-refractivity contribution >= 4 is 17.8 Å². The molecule has 0 radical (unpaired) electrons. The fourth-order valence-electron chi connectivity index (χ4n) is 3.13. The van der Waals surface area contributed by atoms with Crippen LogP contribution in [0.5, 0.6) is 0 Å². The lowest BCUT2D eigenvalue weighted by molar-refractivity contribution is -0.146. The number of esters is 1. The Hall–Kier alpha value is -2.45. The van der Waals surface area contributed by atoms with Gasteiger partial charge >= 0.3 is 5.97 Å². The first-order valence-corrected chi connectivity index (χ1v) is 12.2. The minimum absolute atomic E-state index is 0.0787. The molecule has 0 N–H and O–H groups in total. The van der Waals surface area contributed by atoms with E-state index in [9.17, 15) is 14.4 Å². The van der Waals surface area contributed by atoms with Gasteiger partial charge in [0.1, 0.15) is 6.61 Å². The molecule has 0 unspecified atom stereocenters. The van der Waals surface area contributed by atoms with E-state index in [0.29, 0.717) is 90.4 Å². The smallest absolute Gasteiger partial charge is 0.331 e. The molecule has 2 rings (SSSR count). The van der Waals surface area contributed by atoms with Crippen LogP contribution in [0.4, 0.5) is 0 Å². The summed E-state index contributed by atoms with van der Waals surface area (Å²) in [5, 5.41) is 0. The van der Waals surface area contributed by atoms with Gasteiger partial charge in [-0.1, -0.05) is 12.1 Å². The number of carbonyl (C=O) groups is 3. The number of rotatable bonds is 23. The second kappa shape index (κ2) is 19.6. The van der Waals surface area contributed by atoms with Crippen molar-refractivity contribution in [2.45, 2.75) is 0 Å². The fourth-order valence-corrected chi connectivity index (χ4v) is 3.13. The number of hydrogen-bond acceptors (Lipinski definition) is 11. The quantitative estimate of drug-likeness (QED) is 0.113. The van der Waals surface area contributed by atoms with E-state index in [-0.39, 0.29) is 31.6 Å². The molecule has 12 heteroatoms. The van der Waals surface area contributed by atoms with Crippen molar-refractivity contribution in [1.82, 2.24) is 4.90 Å². The summed E-state index contributed by atoms with van der Waals surface area (Å²) in [7, 11) is 1.31. The summed E-state index contributed by atoms with van der Waals surface area (Å²) in [4.78, 5) is 36.5. The van der Waals surface area contributed by atoms with Crippen molar-refractivity contribution in [3.8, 4) is 0 Å². The van der Waals surface area contributed by atoms with Crippen LogP contribution in [0, 0.1) is 0 Å². The molecule has 1 aromatic rings. The lowest BCUT2D eigenvalue weighted by Gasteiger charge is -2.13. The summed E-state index contributed by atoms with van der Waals surface area (Å²) in [6.45, 7) is 5.41. The molecule has 1 heterocycles. The number of benzene rings is 1. The Kier molecular flexibility index (Phi) is 16.3. The Balaban J connectivity index is 1.26. The number of hydrogen-bond donors (Lipinski definition) is 0. The Bertz CT molecular complexity index is 770. The SMILES string of the molecule is COC(=O)COCCOCCOCCOCCOCCOCCOCCN1C(=O)c2ccccc2C1=O. The van der Waals surface area contributed by atoms with Crippen LogP contribution in [-0.2, 0) is 42.7 Å². The van der Waals surface area contributed by atoms with Gasteiger partial charge < -0.3 is 37.9 Å². The molecule has 208 valence electrons. The molecule has 1 aliphatic rings. The lowest BCUT2D eigenvalue weighted by atomic mass is 10.1. The summed E-state index contributed by atoms with van der Waals surface area (Å²) in [6.07, 6.45) is 0. The highest BCUT2D eigenvalue weighted by Gasteiger charge is 2.34. The molecule has 1 aliphatic heterocycles. The maximum atomic E-state index is 12.2. The number of nitrogens with zero attached hydrogens (tertiary/aromatic N) is 1. The monoisotopic (exact) mass is 527 g/mol. The van der Waals surface area contributed by atoms with E-state index in [2.05, 4.69) is 4.74 Å². The average molecular weight is 528 g/mol. The van der Waals surface area contributed by atoms with Crippen molar-refractivity contribution < 1.29 is 52.3 Å². The molecule has 0 fully saturated rings. The number of methoxy groups -OCH3 is 1. The first-order valence-electron chi connectivity index (χ1n) is 12.2. The summed E-state index contributed by atoms with van der Waals surface area (Å²) in [5.74, 6) is -0.978. The summed E-state index contributed by atoms with van der Waals surface area (Å²) in [6, 6.07) is 6.80. The van der Waals surface area contributed by atoms with E-state index in [1.54, 1.807) is 24.3 Å². The van der Waals surface area contributed by atoms with Crippen molar-refractivity contribution in [3.63, 3.8) is 0 Å². The van der Waals surface area contributed by atoms with Gasteiger partial charge in [-0.05, 0) is 12.1 Å². The summed E-state index contributed by atoms with van der Waals surface area (Å²) < 4.78 is 41.9. The van der Waals surface area contributed by atoms with Gasteiger partial charge in [-0.25, -0.2) is 4.79 Å². The molecule has 0 saturated heterocycles. The molecule has 1 aromatic carbocycles. The second-order valence-corrected chi connectivity index (χ2v) is 7.61. The molecule has 0 saturated carbocycles. The average Bonchev–Trinajstić information content (AvgIpc) is 3.16. The molecular weight excluding hydrogens is 490 g/mol. The maximum Gasteiger partial charge on any atom is 0.331 e. The Morgan fingerprint density at radius 1 is 0.595 bits per heavy atom. The van der Waals surface area contributed by atoms with Crippen LogP contribution in [0.2, 0.25) is 0 Å². The van der Waals surface area contributed by atoms with Crippen LogP contribution >= 0.6 is 0 Å². The van der Waals surface area contributed by atoms with Crippen molar-refractivity contribution in [2.75, 3.05) is 106 Å². The van der Waals surface area contributed by atoms with E-state index in [1.165, 1.54) is 12.0 Å². The van der Waals surface area contributed by atoms with Gasteiger partial charge in [0.2, 0.25) is 0 Å². The number of carbonyl (C=O) groups excluding carboxylic acids is 3. The van der Waals surface area contributed by atoms with E-state index < -0.39 is 5.97 Å². The first kappa shape index (κ1) is 30.8. The molecule has 12 nitrogen and oxygen atoms in total. The zero-order valence-electron chi connectivity index (χ0n) is 21.4. The minimum Gasteiger partial charge on any atom is -0.467 e. The molecular formula is C25H37NO11. The summed E-state index contributed by atoms with van der Waals surface area (Å²) in [5.41, 5.74) is 0.878. The highest BCUT2D eigenvalue weighted by molar-refractivity contribution is 6.21. The van der Waals surface area contributed by atoms with E-state index >= 15 is 0 Å². The predicted molar refractivity (Wildman–Crippen MR) is 130 cm³/mol. The second-order valence-electron chi connectivity index (χ2n) is 7.61. The fraction of sp³-hybridized carbons (Fsp3) is 0.640. The maximum absolute atomic E-state index is 12.2. The van der Waals surface area contributed by atoms with Gasteiger partial charge in [0.15, 0.2) is 0 Å². The van der Waals surface area contributed by atoms with Crippen LogP contribution < -0.4 is 0 Å². The molecule has 0 spiro atoms. The molecule has 37 heavy (non-hydrogen) atoms. The van der Waals surface area contributed by atoms with Crippen molar-refractivity contribution in [3.05, 3.63) is 35.4 Å². The van der Waals surface area contributed by atoms with Crippen LogP contribution in [-0.4, -0.2) is 129 Å². The van der Waals surface area contributed by atoms with Crippen molar-refractivity contribution in [2.24, 2.45) is 0 Å². The topological polar surface area (TPSA) is 128 Å². The number of fused-ring (bicyclic) bond motifs is 1. The van der Waals surface area contributed by atoms with Gasteiger partial charge in [0.25, 0.3) is 11.8 Å². The summed E-state index contributed by atoms with van der Waals surface area (Å²) >= 11 is 0. The zero-order chi connectivity index (χ0) is 26.6. The third kappa shape index (κ3) is 12.6.